The third-order valence-corrected chi connectivity index (χ3v) is 4.49. The molecule has 1 aromatic rings. The maximum absolute atomic E-state index is 13.6. The first-order valence-corrected chi connectivity index (χ1v) is 7.57. The van der Waals surface area contributed by atoms with Crippen LogP contribution in [0.15, 0.2) is 16.5 Å². The number of halogens is 3. The van der Waals surface area contributed by atoms with E-state index in [-0.39, 0.29) is 0 Å². The fourth-order valence-corrected chi connectivity index (χ4v) is 2.71. The quantitative estimate of drug-likeness (QED) is 0.799. The average Bonchev–Trinajstić information content (AvgIpc) is 2.75. The zero-order valence-corrected chi connectivity index (χ0v) is 12.8. The van der Waals surface area contributed by atoms with Crippen molar-refractivity contribution < 1.29 is 22.5 Å². The van der Waals surface area contributed by atoms with E-state index in [1.807, 2.05) is 0 Å². The first kappa shape index (κ1) is 16.2. The Morgan fingerprint density at radius 2 is 1.95 bits per heavy atom. The highest BCUT2D eigenvalue weighted by molar-refractivity contribution is 7.91. The lowest BCUT2D eigenvalue weighted by atomic mass is 10.1. The lowest BCUT2D eigenvalue weighted by Crippen LogP contribution is -2.26. The smallest absolute Gasteiger partial charge is 0.387 e. The monoisotopic (exact) mass is 319 g/mol. The standard InChI is InChI=1S/C14H16F3NO2S/c1-14(2,3)21(19)18-11-7-5-9-8(11)4-6-10(15)12(9)20-13(16)17/h4,6,13H,5,7H2,1-3H3/b18-11-/t21-/m1/s1. The number of hydrogen-bond donors (Lipinski definition) is 0. The molecule has 0 saturated carbocycles. The molecule has 0 amide bonds. The SMILES string of the molecule is CC(C)(C)[S@@+]([O-])/N=C1/CCc2c1ccc(F)c2OC(F)F. The fraction of sp³-hybridized carbons (Fsp3) is 0.500. The lowest BCUT2D eigenvalue weighted by molar-refractivity contribution is -0.0527. The van der Waals surface area contributed by atoms with Crippen LogP contribution in [0.1, 0.15) is 38.3 Å². The van der Waals surface area contributed by atoms with Crippen LogP contribution in [0.2, 0.25) is 0 Å². The molecule has 1 aliphatic carbocycles. The summed E-state index contributed by atoms with van der Waals surface area (Å²) in [7, 11) is 0. The summed E-state index contributed by atoms with van der Waals surface area (Å²) in [5.41, 5.74) is 1.43. The van der Waals surface area contributed by atoms with E-state index in [1.54, 1.807) is 20.8 Å². The van der Waals surface area contributed by atoms with Crippen molar-refractivity contribution in [3.8, 4) is 5.75 Å². The molecule has 0 N–H and O–H groups in total. The Bertz CT molecular complexity index is 570. The maximum atomic E-state index is 13.6. The van der Waals surface area contributed by atoms with Gasteiger partial charge in [-0.2, -0.15) is 8.78 Å². The highest BCUT2D eigenvalue weighted by Crippen LogP contribution is 2.35. The largest absolute Gasteiger partial charge is 0.591 e. The van der Waals surface area contributed by atoms with Crippen LogP contribution in [0, 0.1) is 5.82 Å². The molecule has 0 aromatic heterocycles. The second-order valence-electron chi connectivity index (χ2n) is 5.68. The van der Waals surface area contributed by atoms with Gasteiger partial charge in [-0.05, 0) is 45.7 Å². The van der Waals surface area contributed by atoms with E-state index < -0.39 is 34.3 Å². The maximum Gasteiger partial charge on any atom is 0.387 e. The Labute approximate surface area is 124 Å². The van der Waals surface area contributed by atoms with Gasteiger partial charge >= 0.3 is 6.61 Å². The van der Waals surface area contributed by atoms with Crippen molar-refractivity contribution in [3.63, 3.8) is 0 Å². The van der Waals surface area contributed by atoms with Crippen LogP contribution >= 0.6 is 0 Å². The normalized spacial score (nSPS) is 18.2. The fourth-order valence-electron chi connectivity index (χ4n) is 2.04. The van der Waals surface area contributed by atoms with Gasteiger partial charge in [-0.1, -0.05) is 4.40 Å². The molecule has 0 heterocycles. The first-order valence-electron chi connectivity index (χ1n) is 6.46. The predicted octanol–water partition coefficient (Wildman–Crippen LogP) is 3.62. The molecule has 0 saturated heterocycles. The van der Waals surface area contributed by atoms with E-state index in [0.29, 0.717) is 29.7 Å². The second-order valence-corrected chi connectivity index (χ2v) is 7.59. The van der Waals surface area contributed by atoms with Crippen molar-refractivity contribution in [1.82, 2.24) is 0 Å². The molecular weight excluding hydrogens is 303 g/mol. The van der Waals surface area contributed by atoms with Gasteiger partial charge in [0.05, 0.1) is 5.71 Å². The van der Waals surface area contributed by atoms with Gasteiger partial charge < -0.3 is 9.29 Å². The summed E-state index contributed by atoms with van der Waals surface area (Å²) in [6.07, 6.45) is 0.773. The van der Waals surface area contributed by atoms with Crippen LogP contribution < -0.4 is 4.74 Å². The Morgan fingerprint density at radius 3 is 2.52 bits per heavy atom. The Balaban J connectivity index is 2.39. The zero-order valence-electron chi connectivity index (χ0n) is 12.0. The van der Waals surface area contributed by atoms with Gasteiger partial charge in [0, 0.05) is 11.1 Å². The topological polar surface area (TPSA) is 44.7 Å². The summed E-state index contributed by atoms with van der Waals surface area (Å²) in [4.78, 5) is 0. The molecule has 1 aliphatic rings. The van der Waals surface area contributed by atoms with E-state index in [1.165, 1.54) is 6.07 Å². The van der Waals surface area contributed by atoms with Gasteiger partial charge in [0.1, 0.15) is 16.1 Å². The molecule has 2 rings (SSSR count). The minimum Gasteiger partial charge on any atom is -0.591 e. The highest BCUT2D eigenvalue weighted by atomic mass is 32.2. The molecule has 0 aliphatic heterocycles. The first-order chi connectivity index (χ1) is 9.70. The number of benzene rings is 1. The third-order valence-electron chi connectivity index (χ3n) is 3.06. The van der Waals surface area contributed by atoms with E-state index in [9.17, 15) is 17.7 Å². The number of nitrogens with zero attached hydrogens (tertiary/aromatic N) is 1. The van der Waals surface area contributed by atoms with Crippen LogP contribution in [0.25, 0.3) is 0 Å². The average molecular weight is 319 g/mol. The van der Waals surface area contributed by atoms with E-state index in [4.69, 9.17) is 0 Å². The summed E-state index contributed by atoms with van der Waals surface area (Å²) < 4.78 is 58.3. The van der Waals surface area contributed by atoms with Gasteiger partial charge in [0.15, 0.2) is 11.6 Å². The molecule has 1 aromatic carbocycles. The van der Waals surface area contributed by atoms with Gasteiger partial charge in [-0.15, -0.1) is 0 Å². The molecule has 116 valence electrons. The van der Waals surface area contributed by atoms with Crippen molar-refractivity contribution in [2.24, 2.45) is 4.40 Å². The van der Waals surface area contributed by atoms with Gasteiger partial charge in [-0.3, -0.25) is 0 Å². The highest BCUT2D eigenvalue weighted by Gasteiger charge is 2.31. The van der Waals surface area contributed by atoms with Crippen LogP contribution in [0.3, 0.4) is 0 Å². The number of hydrogen-bond acceptors (Lipinski definition) is 3. The minimum atomic E-state index is -3.09. The van der Waals surface area contributed by atoms with Crippen molar-refractivity contribution in [3.05, 3.63) is 29.1 Å². The Hall–Kier alpha value is -1.21. The number of rotatable bonds is 3. The van der Waals surface area contributed by atoms with Crippen molar-refractivity contribution in [1.29, 1.82) is 0 Å². The Kier molecular flexibility index (Phi) is 4.53. The van der Waals surface area contributed by atoms with Crippen LogP contribution in [-0.2, 0) is 17.8 Å². The molecular formula is C14H16F3NO2S. The summed E-state index contributed by atoms with van der Waals surface area (Å²) in [6, 6.07) is 2.53. The van der Waals surface area contributed by atoms with Crippen LogP contribution in [-0.4, -0.2) is 21.6 Å². The third kappa shape index (κ3) is 3.52. The van der Waals surface area contributed by atoms with Crippen LogP contribution in [0.4, 0.5) is 13.2 Å². The van der Waals surface area contributed by atoms with E-state index >= 15 is 0 Å². The van der Waals surface area contributed by atoms with Crippen LogP contribution in [0.5, 0.6) is 5.75 Å². The second kappa shape index (κ2) is 5.88. The van der Waals surface area contributed by atoms with Crippen molar-refractivity contribution in [2.45, 2.75) is 45.0 Å². The minimum absolute atomic E-state index is 0.343. The molecule has 7 heteroatoms. The molecule has 1 atom stereocenters. The summed E-state index contributed by atoms with van der Waals surface area (Å²) in [5.74, 6) is -1.26. The lowest BCUT2D eigenvalue weighted by Gasteiger charge is -2.18. The van der Waals surface area contributed by atoms with Crippen molar-refractivity contribution >= 4 is 17.1 Å². The number of ether oxygens (including phenoxy) is 1. The molecule has 3 nitrogen and oxygen atoms in total. The summed E-state index contributed by atoms with van der Waals surface area (Å²) in [6.45, 7) is 2.28. The number of fused-ring (bicyclic) bond motifs is 1. The van der Waals surface area contributed by atoms with Gasteiger partial charge in [0.2, 0.25) is 0 Å². The molecule has 0 bridgehead atoms. The van der Waals surface area contributed by atoms with Gasteiger partial charge in [0.25, 0.3) is 0 Å². The van der Waals surface area contributed by atoms with Crippen molar-refractivity contribution in [2.75, 3.05) is 0 Å². The summed E-state index contributed by atoms with van der Waals surface area (Å²) >= 11 is -1.45. The van der Waals surface area contributed by atoms with Gasteiger partial charge in [-0.25, -0.2) is 4.39 Å². The molecule has 0 radical (unpaired) electrons. The predicted molar refractivity (Wildman–Crippen MR) is 75.8 cm³/mol. The Morgan fingerprint density at radius 1 is 1.29 bits per heavy atom. The molecule has 0 fully saturated rings. The van der Waals surface area contributed by atoms with E-state index in [0.717, 1.165) is 6.07 Å². The number of alkyl halides is 2. The summed E-state index contributed by atoms with van der Waals surface area (Å²) in [5, 5.41) is 0. The molecule has 21 heavy (non-hydrogen) atoms. The molecule has 0 spiro atoms. The zero-order chi connectivity index (χ0) is 15.8. The van der Waals surface area contributed by atoms with E-state index in [2.05, 4.69) is 9.13 Å². The molecule has 0 unspecified atom stereocenters.